The van der Waals surface area contributed by atoms with Gasteiger partial charge in [-0.3, -0.25) is 14.3 Å². The summed E-state index contributed by atoms with van der Waals surface area (Å²) in [6, 6.07) is 3.43. The number of carbonyl (C=O) groups excluding carboxylic acids is 2. The summed E-state index contributed by atoms with van der Waals surface area (Å²) in [4.78, 5) is 36.2. The smallest absolute Gasteiger partial charge is 0.345 e. The highest BCUT2D eigenvalue weighted by Crippen LogP contribution is 2.17. The molecule has 8 nitrogen and oxygen atoms in total. The second-order valence-corrected chi connectivity index (χ2v) is 7.75. The summed E-state index contributed by atoms with van der Waals surface area (Å²) in [5.74, 6) is -1.40. The molecule has 0 saturated heterocycles. The summed E-state index contributed by atoms with van der Waals surface area (Å²) >= 11 is 1.12. The minimum atomic E-state index is -0.981. The Morgan fingerprint density at radius 3 is 2.70 bits per heavy atom. The van der Waals surface area contributed by atoms with Crippen molar-refractivity contribution >= 4 is 29.1 Å². The van der Waals surface area contributed by atoms with E-state index >= 15 is 0 Å². The first-order valence-corrected chi connectivity index (χ1v) is 9.75. The maximum absolute atomic E-state index is 12.2. The van der Waals surface area contributed by atoms with Gasteiger partial charge < -0.3 is 15.7 Å². The Bertz CT molecular complexity index is 823. The Balaban J connectivity index is 1.47. The first-order valence-electron chi connectivity index (χ1n) is 8.93. The number of nitrogens with one attached hydrogen (secondary N) is 2. The zero-order valence-electron chi connectivity index (χ0n) is 14.8. The fourth-order valence-electron chi connectivity index (χ4n) is 3.09. The molecule has 0 bridgehead atoms. The number of carboxylic acid groups (broad SMARTS) is 1. The van der Waals surface area contributed by atoms with Gasteiger partial charge in [0.15, 0.2) is 0 Å². The summed E-state index contributed by atoms with van der Waals surface area (Å²) in [5, 5.41) is 18.7. The Labute approximate surface area is 160 Å². The summed E-state index contributed by atoms with van der Waals surface area (Å²) in [5.41, 5.74) is 0.357. The molecule has 27 heavy (non-hydrogen) atoms. The predicted molar refractivity (Wildman–Crippen MR) is 99.7 cm³/mol. The van der Waals surface area contributed by atoms with Crippen molar-refractivity contribution in [2.24, 2.45) is 0 Å². The van der Waals surface area contributed by atoms with E-state index in [1.807, 2.05) is 0 Å². The molecule has 0 atom stereocenters. The van der Waals surface area contributed by atoms with Crippen LogP contribution in [0.3, 0.4) is 0 Å². The number of rotatable bonds is 7. The van der Waals surface area contributed by atoms with Gasteiger partial charge in [0.2, 0.25) is 5.91 Å². The van der Waals surface area contributed by atoms with Crippen LogP contribution in [0.1, 0.15) is 57.0 Å². The highest BCUT2D eigenvalue weighted by molar-refractivity contribution is 7.13. The molecule has 3 N–H and O–H groups in total. The van der Waals surface area contributed by atoms with E-state index in [-0.39, 0.29) is 35.8 Å². The van der Waals surface area contributed by atoms with Gasteiger partial charge in [0.25, 0.3) is 5.91 Å². The van der Waals surface area contributed by atoms with E-state index in [0.717, 1.165) is 41.9 Å². The average molecular weight is 390 g/mol. The van der Waals surface area contributed by atoms with E-state index in [2.05, 4.69) is 15.7 Å². The fraction of sp³-hybridized carbons (Fsp3) is 0.444. The number of hydrogen-bond acceptors (Lipinski definition) is 5. The predicted octanol–water partition coefficient (Wildman–Crippen LogP) is 2.02. The molecule has 0 aliphatic heterocycles. The molecule has 3 rings (SSSR count). The zero-order valence-corrected chi connectivity index (χ0v) is 15.6. The van der Waals surface area contributed by atoms with Gasteiger partial charge in [0, 0.05) is 17.1 Å². The van der Waals surface area contributed by atoms with Crippen LogP contribution in [0.4, 0.5) is 0 Å². The van der Waals surface area contributed by atoms with Crippen LogP contribution in [-0.2, 0) is 17.9 Å². The van der Waals surface area contributed by atoms with Crippen LogP contribution in [0.5, 0.6) is 0 Å². The van der Waals surface area contributed by atoms with Crippen molar-refractivity contribution in [1.29, 1.82) is 0 Å². The van der Waals surface area contributed by atoms with Crippen LogP contribution in [0.15, 0.2) is 24.5 Å². The number of hydrogen-bond donors (Lipinski definition) is 3. The fourth-order valence-corrected chi connectivity index (χ4v) is 3.88. The highest BCUT2D eigenvalue weighted by Gasteiger charge is 2.17. The molecule has 0 spiro atoms. The van der Waals surface area contributed by atoms with Gasteiger partial charge in [-0.2, -0.15) is 5.10 Å². The lowest BCUT2D eigenvalue weighted by molar-refractivity contribution is -0.122. The number of thiophene rings is 1. The van der Waals surface area contributed by atoms with Crippen LogP contribution in [-0.4, -0.2) is 38.7 Å². The van der Waals surface area contributed by atoms with Crippen molar-refractivity contribution in [1.82, 2.24) is 20.4 Å². The normalized spacial score (nSPS) is 14.7. The largest absolute Gasteiger partial charge is 0.477 e. The highest BCUT2D eigenvalue weighted by atomic mass is 32.1. The number of amides is 2. The minimum Gasteiger partial charge on any atom is -0.477 e. The Morgan fingerprint density at radius 1 is 1.22 bits per heavy atom. The Hall–Kier alpha value is -2.68. The topological polar surface area (TPSA) is 113 Å². The van der Waals surface area contributed by atoms with E-state index in [9.17, 15) is 14.4 Å². The van der Waals surface area contributed by atoms with Gasteiger partial charge in [-0.15, -0.1) is 11.3 Å². The molecule has 1 fully saturated rings. The molecule has 144 valence electrons. The standard InChI is InChI=1S/C18H22N4O4S/c23-16(21-13-4-2-1-3-5-13)11-22-10-12(8-20-22)17(24)19-9-14-6-7-15(27-14)18(25)26/h6-8,10,13H,1-5,9,11H2,(H,19,24)(H,21,23)(H,25,26). The average Bonchev–Trinajstić information content (AvgIpc) is 3.30. The monoisotopic (exact) mass is 390 g/mol. The third-order valence-corrected chi connectivity index (χ3v) is 5.54. The second-order valence-electron chi connectivity index (χ2n) is 6.58. The lowest BCUT2D eigenvalue weighted by Crippen LogP contribution is -2.38. The van der Waals surface area contributed by atoms with Crippen molar-refractivity contribution in [2.45, 2.75) is 51.2 Å². The third-order valence-electron chi connectivity index (χ3n) is 4.47. The van der Waals surface area contributed by atoms with Gasteiger partial charge in [-0.05, 0) is 25.0 Å². The number of nitrogens with zero attached hydrogens (tertiary/aromatic N) is 2. The number of carbonyl (C=O) groups is 3. The molecule has 2 aromatic rings. The first kappa shape index (κ1) is 19.1. The molecular weight excluding hydrogens is 368 g/mol. The van der Waals surface area contributed by atoms with Crippen LogP contribution < -0.4 is 10.6 Å². The van der Waals surface area contributed by atoms with E-state index in [1.54, 1.807) is 6.07 Å². The number of aromatic carboxylic acids is 1. The van der Waals surface area contributed by atoms with Crippen molar-refractivity contribution in [3.05, 3.63) is 39.8 Å². The lowest BCUT2D eigenvalue weighted by Gasteiger charge is -2.22. The summed E-state index contributed by atoms with van der Waals surface area (Å²) in [7, 11) is 0. The van der Waals surface area contributed by atoms with Gasteiger partial charge in [0.1, 0.15) is 11.4 Å². The quantitative estimate of drug-likeness (QED) is 0.669. The SMILES string of the molecule is O=C(Cn1cc(C(=O)NCc2ccc(C(=O)O)s2)cn1)NC1CCCCC1. The van der Waals surface area contributed by atoms with Crippen molar-refractivity contribution < 1.29 is 19.5 Å². The van der Waals surface area contributed by atoms with Crippen LogP contribution in [0.2, 0.25) is 0 Å². The summed E-state index contributed by atoms with van der Waals surface area (Å²) in [6.07, 6.45) is 8.51. The minimum absolute atomic E-state index is 0.0800. The van der Waals surface area contributed by atoms with Gasteiger partial charge in [-0.1, -0.05) is 19.3 Å². The maximum atomic E-state index is 12.2. The molecule has 2 aromatic heterocycles. The van der Waals surface area contributed by atoms with Crippen molar-refractivity contribution in [2.75, 3.05) is 0 Å². The number of aromatic nitrogens is 2. The van der Waals surface area contributed by atoms with Crippen LogP contribution in [0.25, 0.3) is 0 Å². The van der Waals surface area contributed by atoms with E-state index in [1.165, 1.54) is 29.6 Å². The molecule has 0 aromatic carbocycles. The lowest BCUT2D eigenvalue weighted by atomic mass is 9.95. The molecule has 1 aliphatic carbocycles. The second kappa shape index (κ2) is 8.81. The van der Waals surface area contributed by atoms with Crippen LogP contribution >= 0.6 is 11.3 Å². The van der Waals surface area contributed by atoms with Gasteiger partial charge >= 0.3 is 5.97 Å². The first-order chi connectivity index (χ1) is 13.0. The Kier molecular flexibility index (Phi) is 6.23. The molecule has 0 radical (unpaired) electrons. The summed E-state index contributed by atoms with van der Waals surface area (Å²) in [6.45, 7) is 0.320. The maximum Gasteiger partial charge on any atom is 0.345 e. The number of carboxylic acids is 1. The van der Waals surface area contributed by atoms with Crippen molar-refractivity contribution in [3.63, 3.8) is 0 Å². The zero-order chi connectivity index (χ0) is 19.2. The van der Waals surface area contributed by atoms with Crippen LogP contribution in [0, 0.1) is 0 Å². The third kappa shape index (κ3) is 5.40. The molecule has 2 amide bonds. The molecule has 1 aliphatic rings. The Morgan fingerprint density at radius 2 is 2.00 bits per heavy atom. The van der Waals surface area contributed by atoms with E-state index in [0.29, 0.717) is 5.56 Å². The molecular formula is C18H22N4O4S. The molecule has 0 unspecified atom stereocenters. The van der Waals surface area contributed by atoms with Crippen molar-refractivity contribution in [3.8, 4) is 0 Å². The van der Waals surface area contributed by atoms with E-state index in [4.69, 9.17) is 5.11 Å². The van der Waals surface area contributed by atoms with E-state index < -0.39 is 5.97 Å². The van der Waals surface area contributed by atoms with Gasteiger partial charge in [0.05, 0.1) is 18.3 Å². The molecule has 1 saturated carbocycles. The molecule has 2 heterocycles. The summed E-state index contributed by atoms with van der Waals surface area (Å²) < 4.78 is 1.45. The molecule has 9 heteroatoms. The van der Waals surface area contributed by atoms with Gasteiger partial charge in [-0.25, -0.2) is 4.79 Å².